The monoisotopic (exact) mass is 272 g/mol. The molecule has 4 heteroatoms. The minimum absolute atomic E-state index is 0.106. The van der Waals surface area contributed by atoms with Crippen molar-refractivity contribution >= 4 is 22.9 Å². The van der Waals surface area contributed by atoms with Gasteiger partial charge in [0.2, 0.25) is 0 Å². The Morgan fingerprint density at radius 3 is 3.00 bits per heavy atom. The van der Waals surface area contributed by atoms with Gasteiger partial charge in [-0.1, -0.05) is 0 Å². The van der Waals surface area contributed by atoms with Gasteiger partial charge in [-0.3, -0.25) is 4.79 Å². The Morgan fingerprint density at radius 2 is 2.21 bits per heavy atom. The van der Waals surface area contributed by atoms with E-state index < -0.39 is 0 Å². The largest absolute Gasteiger partial charge is 0.399 e. The minimum atomic E-state index is 0.106. The van der Waals surface area contributed by atoms with E-state index in [1.54, 1.807) is 17.4 Å². The Morgan fingerprint density at radius 1 is 1.37 bits per heavy atom. The maximum atomic E-state index is 12.6. The van der Waals surface area contributed by atoms with Gasteiger partial charge in [0.25, 0.3) is 5.91 Å². The van der Waals surface area contributed by atoms with E-state index in [9.17, 15) is 4.79 Å². The maximum Gasteiger partial charge on any atom is 0.254 e. The van der Waals surface area contributed by atoms with E-state index in [4.69, 9.17) is 5.73 Å². The summed E-state index contributed by atoms with van der Waals surface area (Å²) in [6, 6.07) is 7.60. The first-order chi connectivity index (χ1) is 9.15. The molecule has 2 N–H and O–H groups in total. The third-order valence-corrected chi connectivity index (χ3v) is 4.60. The molecule has 19 heavy (non-hydrogen) atoms. The number of nitrogens with two attached hydrogens (primary N) is 1. The molecule has 0 unspecified atom stereocenters. The second-order valence-electron chi connectivity index (χ2n) is 4.92. The lowest BCUT2D eigenvalue weighted by atomic mass is 10.0. The molecule has 0 aliphatic carbocycles. The number of nitrogens with zero attached hydrogens (tertiary/aromatic N) is 1. The molecule has 1 aromatic carbocycles. The number of rotatable bonds is 1. The van der Waals surface area contributed by atoms with Crippen LogP contribution in [0.15, 0.2) is 29.6 Å². The molecular formula is C15H16N2OS. The molecule has 1 aliphatic rings. The number of carbonyl (C=O) groups excluding carboxylic acids is 1. The molecule has 0 fully saturated rings. The van der Waals surface area contributed by atoms with E-state index in [0.717, 1.165) is 30.6 Å². The van der Waals surface area contributed by atoms with Crippen LogP contribution in [-0.4, -0.2) is 17.4 Å². The van der Waals surface area contributed by atoms with Crippen molar-refractivity contribution in [3.8, 4) is 0 Å². The molecule has 0 spiro atoms. The molecule has 0 saturated heterocycles. The van der Waals surface area contributed by atoms with Crippen LogP contribution in [0.25, 0.3) is 0 Å². The van der Waals surface area contributed by atoms with E-state index in [1.165, 1.54) is 10.4 Å². The Bertz CT molecular complexity index is 633. The number of anilines is 1. The van der Waals surface area contributed by atoms with E-state index >= 15 is 0 Å². The zero-order chi connectivity index (χ0) is 13.4. The molecule has 3 nitrogen and oxygen atoms in total. The first-order valence-corrected chi connectivity index (χ1v) is 7.24. The fourth-order valence-corrected chi connectivity index (χ4v) is 3.41. The molecule has 2 aromatic rings. The summed E-state index contributed by atoms with van der Waals surface area (Å²) in [6.07, 6.45) is 0.965. The van der Waals surface area contributed by atoms with Crippen LogP contribution in [0.1, 0.15) is 26.4 Å². The van der Waals surface area contributed by atoms with Gasteiger partial charge >= 0.3 is 0 Å². The first-order valence-electron chi connectivity index (χ1n) is 6.36. The molecule has 0 radical (unpaired) electrons. The topological polar surface area (TPSA) is 46.3 Å². The van der Waals surface area contributed by atoms with Crippen LogP contribution < -0.4 is 5.73 Å². The molecule has 98 valence electrons. The van der Waals surface area contributed by atoms with Crippen molar-refractivity contribution < 1.29 is 4.79 Å². The summed E-state index contributed by atoms with van der Waals surface area (Å²) in [6.45, 7) is 3.46. The summed E-state index contributed by atoms with van der Waals surface area (Å²) in [5.41, 5.74) is 9.43. The summed E-state index contributed by atoms with van der Waals surface area (Å²) >= 11 is 1.79. The highest BCUT2D eigenvalue weighted by atomic mass is 32.1. The minimum Gasteiger partial charge on any atom is -0.399 e. The summed E-state index contributed by atoms with van der Waals surface area (Å²) in [5.74, 6) is 0.106. The number of hydrogen-bond acceptors (Lipinski definition) is 3. The zero-order valence-corrected chi connectivity index (χ0v) is 11.7. The molecule has 3 rings (SSSR count). The Hall–Kier alpha value is -1.81. The van der Waals surface area contributed by atoms with Crippen LogP contribution in [0.4, 0.5) is 5.69 Å². The third kappa shape index (κ3) is 2.24. The summed E-state index contributed by atoms with van der Waals surface area (Å²) in [5, 5.41) is 2.10. The Labute approximate surface area is 116 Å². The predicted octanol–water partition coefficient (Wildman–Crippen LogP) is 2.84. The fraction of sp³-hybridized carbons (Fsp3) is 0.267. The first kappa shape index (κ1) is 12.2. The standard InChI is InChI=1S/C15H16N2OS/c1-10-8-12(16)2-3-13(10)15(18)17-6-4-14-11(9-17)5-7-19-14/h2-3,5,7-8H,4,6,9,16H2,1H3. The van der Waals surface area contributed by atoms with Crippen LogP contribution >= 0.6 is 11.3 Å². The van der Waals surface area contributed by atoms with Crippen molar-refractivity contribution in [2.75, 3.05) is 12.3 Å². The number of carbonyl (C=O) groups is 1. The van der Waals surface area contributed by atoms with Gasteiger partial charge in [-0.2, -0.15) is 0 Å². The summed E-state index contributed by atoms with van der Waals surface area (Å²) in [7, 11) is 0. The average Bonchev–Trinajstić information content (AvgIpc) is 2.85. The van der Waals surface area contributed by atoms with Crippen molar-refractivity contribution in [2.24, 2.45) is 0 Å². The number of benzene rings is 1. The van der Waals surface area contributed by atoms with E-state index in [1.807, 2.05) is 24.0 Å². The normalized spacial score (nSPS) is 14.3. The van der Waals surface area contributed by atoms with Crippen molar-refractivity contribution in [3.05, 3.63) is 51.2 Å². The zero-order valence-electron chi connectivity index (χ0n) is 10.8. The van der Waals surface area contributed by atoms with Crippen molar-refractivity contribution in [1.82, 2.24) is 4.90 Å². The molecular weight excluding hydrogens is 256 g/mol. The second-order valence-corrected chi connectivity index (χ2v) is 5.92. The third-order valence-electron chi connectivity index (χ3n) is 3.58. The van der Waals surface area contributed by atoms with Gasteiger partial charge < -0.3 is 10.6 Å². The fourth-order valence-electron chi connectivity index (χ4n) is 2.52. The van der Waals surface area contributed by atoms with Gasteiger partial charge in [0, 0.05) is 29.2 Å². The van der Waals surface area contributed by atoms with Gasteiger partial charge in [-0.25, -0.2) is 0 Å². The van der Waals surface area contributed by atoms with Crippen molar-refractivity contribution in [3.63, 3.8) is 0 Å². The van der Waals surface area contributed by atoms with Crippen LogP contribution in [0.3, 0.4) is 0 Å². The van der Waals surface area contributed by atoms with Crippen molar-refractivity contribution in [2.45, 2.75) is 19.9 Å². The quantitative estimate of drug-likeness (QED) is 0.811. The number of amides is 1. The number of nitrogen functional groups attached to an aromatic ring is 1. The average molecular weight is 272 g/mol. The second kappa shape index (κ2) is 4.70. The smallest absolute Gasteiger partial charge is 0.254 e. The number of thiophene rings is 1. The SMILES string of the molecule is Cc1cc(N)ccc1C(=O)N1CCc2sccc2C1. The molecule has 1 aromatic heterocycles. The number of hydrogen-bond donors (Lipinski definition) is 1. The number of aryl methyl sites for hydroxylation is 1. The molecule has 0 bridgehead atoms. The van der Waals surface area contributed by atoms with E-state index in [2.05, 4.69) is 11.4 Å². The number of fused-ring (bicyclic) bond motifs is 1. The van der Waals surface area contributed by atoms with Crippen LogP contribution in [-0.2, 0) is 13.0 Å². The van der Waals surface area contributed by atoms with Crippen LogP contribution in [0, 0.1) is 6.92 Å². The van der Waals surface area contributed by atoms with Gasteiger partial charge in [0.1, 0.15) is 0 Å². The lowest BCUT2D eigenvalue weighted by Gasteiger charge is -2.27. The lowest BCUT2D eigenvalue weighted by Crippen LogP contribution is -2.35. The van der Waals surface area contributed by atoms with Crippen molar-refractivity contribution in [1.29, 1.82) is 0 Å². The van der Waals surface area contributed by atoms with E-state index in [0.29, 0.717) is 5.69 Å². The molecule has 1 aliphatic heterocycles. The maximum absolute atomic E-state index is 12.6. The summed E-state index contributed by atoms with van der Waals surface area (Å²) < 4.78 is 0. The predicted molar refractivity (Wildman–Crippen MR) is 78.4 cm³/mol. The van der Waals surface area contributed by atoms with Gasteiger partial charge in [0.05, 0.1) is 0 Å². The Kier molecular flexibility index (Phi) is 3.03. The highest BCUT2D eigenvalue weighted by Gasteiger charge is 2.23. The summed E-state index contributed by atoms with van der Waals surface area (Å²) in [4.78, 5) is 15.9. The molecule has 0 saturated carbocycles. The molecule has 2 heterocycles. The van der Waals surface area contributed by atoms with Crippen LogP contribution in [0.5, 0.6) is 0 Å². The van der Waals surface area contributed by atoms with E-state index in [-0.39, 0.29) is 5.91 Å². The lowest BCUT2D eigenvalue weighted by molar-refractivity contribution is 0.0735. The Balaban J connectivity index is 1.85. The van der Waals surface area contributed by atoms with Gasteiger partial charge in [0.15, 0.2) is 0 Å². The van der Waals surface area contributed by atoms with Gasteiger partial charge in [-0.05, 0) is 54.1 Å². The van der Waals surface area contributed by atoms with Gasteiger partial charge in [-0.15, -0.1) is 11.3 Å². The van der Waals surface area contributed by atoms with Crippen LogP contribution in [0.2, 0.25) is 0 Å². The molecule has 0 atom stereocenters. The highest BCUT2D eigenvalue weighted by Crippen LogP contribution is 2.25. The highest BCUT2D eigenvalue weighted by molar-refractivity contribution is 7.10. The molecule has 1 amide bonds.